The van der Waals surface area contributed by atoms with Crippen molar-refractivity contribution in [3.63, 3.8) is 0 Å². The highest BCUT2D eigenvalue weighted by Gasteiger charge is 2.30. The average Bonchev–Trinajstić information content (AvgIpc) is 3.13. The molecule has 0 unspecified atom stereocenters. The van der Waals surface area contributed by atoms with Crippen LogP contribution >= 0.6 is 11.6 Å². The van der Waals surface area contributed by atoms with Crippen molar-refractivity contribution in [3.8, 4) is 0 Å². The van der Waals surface area contributed by atoms with Gasteiger partial charge in [0.1, 0.15) is 10.7 Å². The van der Waals surface area contributed by atoms with Crippen molar-refractivity contribution in [2.45, 2.75) is 24.7 Å². The molecule has 1 fully saturated rings. The molecule has 1 saturated heterocycles. The van der Waals surface area contributed by atoms with Gasteiger partial charge < -0.3 is 5.32 Å². The molecule has 0 saturated carbocycles. The van der Waals surface area contributed by atoms with Gasteiger partial charge in [-0.2, -0.15) is 4.31 Å². The molecule has 0 radical (unpaired) electrons. The third kappa shape index (κ3) is 3.75. The van der Waals surface area contributed by atoms with Crippen LogP contribution in [-0.4, -0.2) is 31.7 Å². The van der Waals surface area contributed by atoms with Crippen molar-refractivity contribution in [1.82, 2.24) is 4.31 Å². The van der Waals surface area contributed by atoms with Gasteiger partial charge in [-0.1, -0.05) is 17.7 Å². The first-order valence-electron chi connectivity index (χ1n) is 8.16. The van der Waals surface area contributed by atoms with E-state index in [0.29, 0.717) is 23.8 Å². The van der Waals surface area contributed by atoms with E-state index in [1.54, 1.807) is 25.1 Å². The van der Waals surface area contributed by atoms with Crippen LogP contribution in [0.1, 0.15) is 28.8 Å². The number of nitrogens with zero attached hydrogens (tertiary/aromatic N) is 1. The number of carbonyl (C=O) groups is 1. The Balaban J connectivity index is 1.92. The van der Waals surface area contributed by atoms with Crippen molar-refractivity contribution >= 4 is 33.2 Å². The fourth-order valence-corrected chi connectivity index (χ4v) is 4.61. The highest BCUT2D eigenvalue weighted by atomic mass is 35.5. The molecular weight excluding hydrogens is 379 g/mol. The Labute approximate surface area is 156 Å². The van der Waals surface area contributed by atoms with E-state index in [1.165, 1.54) is 10.4 Å². The third-order valence-corrected chi connectivity index (χ3v) is 6.47. The van der Waals surface area contributed by atoms with Crippen LogP contribution < -0.4 is 5.32 Å². The number of anilines is 1. The van der Waals surface area contributed by atoms with Gasteiger partial charge in [-0.05, 0) is 55.7 Å². The lowest BCUT2D eigenvalue weighted by atomic mass is 10.1. The number of sulfonamides is 1. The van der Waals surface area contributed by atoms with Gasteiger partial charge in [0.2, 0.25) is 10.0 Å². The van der Waals surface area contributed by atoms with Crippen LogP contribution in [0.2, 0.25) is 5.02 Å². The van der Waals surface area contributed by atoms with E-state index in [0.717, 1.165) is 30.5 Å². The maximum Gasteiger partial charge on any atom is 0.255 e. The average molecular weight is 397 g/mol. The van der Waals surface area contributed by atoms with Crippen molar-refractivity contribution in [2.24, 2.45) is 0 Å². The molecular formula is C18H18ClFN2O3S. The van der Waals surface area contributed by atoms with Crippen LogP contribution in [0.15, 0.2) is 41.3 Å². The zero-order valence-electron chi connectivity index (χ0n) is 14.1. The fraction of sp³-hybridized carbons (Fsp3) is 0.278. The number of hydrogen-bond donors (Lipinski definition) is 1. The van der Waals surface area contributed by atoms with Gasteiger partial charge in [-0.3, -0.25) is 4.79 Å². The summed E-state index contributed by atoms with van der Waals surface area (Å²) in [5, 5.41) is 3.14. The molecule has 0 aliphatic carbocycles. The molecule has 1 N–H and O–H groups in total. The van der Waals surface area contributed by atoms with Crippen LogP contribution in [0, 0.1) is 12.7 Å². The van der Waals surface area contributed by atoms with Gasteiger partial charge in [0.25, 0.3) is 5.91 Å². The number of carbonyl (C=O) groups excluding carboxylic acids is 1. The molecule has 2 aromatic carbocycles. The number of benzene rings is 2. The SMILES string of the molecule is Cc1ccc(Cl)cc1NC(=O)c1ccc(F)c(S(=O)(=O)N2CCCC2)c1. The Morgan fingerprint density at radius 1 is 1.15 bits per heavy atom. The predicted octanol–water partition coefficient (Wildman–Crippen LogP) is 3.82. The number of aryl methyl sites for hydroxylation is 1. The van der Waals surface area contributed by atoms with Crippen LogP contribution in [0.4, 0.5) is 10.1 Å². The lowest BCUT2D eigenvalue weighted by molar-refractivity contribution is 0.102. The van der Waals surface area contributed by atoms with Gasteiger partial charge in [0.05, 0.1) is 0 Å². The summed E-state index contributed by atoms with van der Waals surface area (Å²) in [6, 6.07) is 8.39. The molecule has 2 aromatic rings. The Bertz CT molecular complexity index is 957. The summed E-state index contributed by atoms with van der Waals surface area (Å²) in [7, 11) is -3.96. The van der Waals surface area contributed by atoms with Crippen molar-refractivity contribution < 1.29 is 17.6 Å². The summed E-state index contributed by atoms with van der Waals surface area (Å²) in [5.41, 5.74) is 1.37. The number of halogens is 2. The number of hydrogen-bond acceptors (Lipinski definition) is 3. The Kier molecular flexibility index (Phi) is 5.32. The molecule has 0 atom stereocenters. The lowest BCUT2D eigenvalue weighted by Gasteiger charge is -2.16. The second-order valence-corrected chi connectivity index (χ2v) is 8.51. The van der Waals surface area contributed by atoms with Gasteiger partial charge in [0.15, 0.2) is 0 Å². The van der Waals surface area contributed by atoms with Gasteiger partial charge in [0, 0.05) is 29.4 Å². The maximum atomic E-state index is 14.2. The van der Waals surface area contributed by atoms with Gasteiger partial charge in [-0.15, -0.1) is 0 Å². The van der Waals surface area contributed by atoms with E-state index in [2.05, 4.69) is 5.32 Å². The molecule has 1 aliphatic rings. The molecule has 0 spiro atoms. The highest BCUT2D eigenvalue weighted by molar-refractivity contribution is 7.89. The second kappa shape index (κ2) is 7.34. The molecule has 26 heavy (non-hydrogen) atoms. The van der Waals surface area contributed by atoms with E-state index in [1.807, 2.05) is 0 Å². The molecule has 1 amide bonds. The smallest absolute Gasteiger partial charge is 0.255 e. The second-order valence-electron chi connectivity index (χ2n) is 6.17. The number of amides is 1. The normalized spacial score (nSPS) is 15.2. The summed E-state index contributed by atoms with van der Waals surface area (Å²) < 4.78 is 40.7. The largest absolute Gasteiger partial charge is 0.322 e. The third-order valence-electron chi connectivity index (χ3n) is 4.32. The van der Waals surface area contributed by atoms with E-state index >= 15 is 0 Å². The number of nitrogens with one attached hydrogen (secondary N) is 1. The summed E-state index contributed by atoms with van der Waals surface area (Å²) >= 11 is 5.94. The molecule has 0 bridgehead atoms. The molecule has 0 aromatic heterocycles. The predicted molar refractivity (Wildman–Crippen MR) is 98.5 cm³/mol. The van der Waals surface area contributed by atoms with Gasteiger partial charge >= 0.3 is 0 Å². The highest BCUT2D eigenvalue weighted by Crippen LogP contribution is 2.25. The summed E-state index contributed by atoms with van der Waals surface area (Å²) in [6.07, 6.45) is 1.49. The van der Waals surface area contributed by atoms with E-state index in [-0.39, 0.29) is 5.56 Å². The minimum atomic E-state index is -3.96. The minimum Gasteiger partial charge on any atom is -0.322 e. The molecule has 8 heteroatoms. The summed E-state index contributed by atoms with van der Waals surface area (Å²) in [6.45, 7) is 2.53. The monoisotopic (exact) mass is 396 g/mol. The quantitative estimate of drug-likeness (QED) is 0.854. The summed E-state index contributed by atoms with van der Waals surface area (Å²) in [4.78, 5) is 12.0. The van der Waals surface area contributed by atoms with Crippen molar-refractivity contribution in [1.29, 1.82) is 0 Å². The zero-order chi connectivity index (χ0) is 18.9. The Hall–Kier alpha value is -1.96. The first-order valence-corrected chi connectivity index (χ1v) is 9.98. The Morgan fingerprint density at radius 2 is 1.85 bits per heavy atom. The molecule has 5 nitrogen and oxygen atoms in total. The minimum absolute atomic E-state index is 0.0588. The van der Waals surface area contributed by atoms with Gasteiger partial charge in [-0.25, -0.2) is 12.8 Å². The standard InChI is InChI=1S/C18H18ClFN2O3S/c1-12-4-6-14(19)11-16(12)21-18(23)13-5-7-15(20)17(10-13)26(24,25)22-8-2-3-9-22/h4-7,10-11H,2-3,8-9H2,1H3,(H,21,23). The number of rotatable bonds is 4. The Morgan fingerprint density at radius 3 is 2.54 bits per heavy atom. The topological polar surface area (TPSA) is 66.5 Å². The van der Waals surface area contributed by atoms with Crippen LogP contribution in [0.25, 0.3) is 0 Å². The van der Waals surface area contributed by atoms with E-state index in [4.69, 9.17) is 11.6 Å². The van der Waals surface area contributed by atoms with Crippen molar-refractivity contribution in [3.05, 3.63) is 58.4 Å². The lowest BCUT2D eigenvalue weighted by Crippen LogP contribution is -2.29. The summed E-state index contributed by atoms with van der Waals surface area (Å²) in [5.74, 6) is -1.40. The molecule has 1 heterocycles. The van der Waals surface area contributed by atoms with Crippen LogP contribution in [-0.2, 0) is 10.0 Å². The van der Waals surface area contributed by atoms with Crippen LogP contribution in [0.3, 0.4) is 0 Å². The first-order chi connectivity index (χ1) is 12.3. The molecule has 1 aliphatic heterocycles. The van der Waals surface area contributed by atoms with E-state index < -0.39 is 26.6 Å². The molecule has 138 valence electrons. The van der Waals surface area contributed by atoms with Crippen molar-refractivity contribution in [2.75, 3.05) is 18.4 Å². The maximum absolute atomic E-state index is 14.2. The zero-order valence-corrected chi connectivity index (χ0v) is 15.7. The first kappa shape index (κ1) is 18.8. The molecule has 3 rings (SSSR count). The van der Waals surface area contributed by atoms with Crippen LogP contribution in [0.5, 0.6) is 0 Å². The van der Waals surface area contributed by atoms with E-state index in [9.17, 15) is 17.6 Å². The fourth-order valence-electron chi connectivity index (χ4n) is 2.83.